The molecule has 0 radical (unpaired) electrons. The second kappa shape index (κ2) is 9.26. The normalized spacial score (nSPS) is 44.6. The van der Waals surface area contributed by atoms with Gasteiger partial charge in [-0.05, 0) is 113 Å². The van der Waals surface area contributed by atoms with Crippen molar-refractivity contribution < 1.29 is 23.3 Å². The Kier molecular flexibility index (Phi) is 7.06. The summed E-state index contributed by atoms with van der Waals surface area (Å²) in [6, 6.07) is 0. The van der Waals surface area contributed by atoms with E-state index >= 15 is 0 Å². The minimum atomic E-state index is -0.341. The Morgan fingerprint density at radius 1 is 0.970 bits per heavy atom. The highest BCUT2D eigenvalue weighted by atomic mass is 16.6. The average molecular weight is 468 g/mol. The summed E-state index contributed by atoms with van der Waals surface area (Å²) in [5, 5.41) is 0. The Bertz CT molecular complexity index is 769. The summed E-state index contributed by atoms with van der Waals surface area (Å²) in [4.78, 5) is 27.0. The van der Waals surface area contributed by atoms with Crippen molar-refractivity contribution >= 4 is 11.8 Å². The summed E-state index contributed by atoms with van der Waals surface area (Å²) < 4.78 is 11.2. The van der Waals surface area contributed by atoms with Gasteiger partial charge in [-0.25, -0.2) is 0 Å². The topological polar surface area (TPSA) is 55.8 Å². The van der Waals surface area contributed by atoms with E-state index in [1.165, 1.54) is 32.1 Å². The molecule has 0 spiro atoms. The van der Waals surface area contributed by atoms with Crippen LogP contribution in [-0.2, 0) is 19.1 Å². The Balaban J connectivity index is 0.00000216. The molecule has 8 atom stereocenters. The third-order valence-electron chi connectivity index (χ3n) is 10.9. The van der Waals surface area contributed by atoms with E-state index in [-0.39, 0.29) is 27.2 Å². The maximum absolute atomic E-state index is 12.7. The number of carbonyl (C=O) groups excluding carboxylic acids is 2. The van der Waals surface area contributed by atoms with Gasteiger partial charge in [-0.15, -0.1) is 0 Å². The van der Waals surface area contributed by atoms with Gasteiger partial charge in [0.2, 0.25) is 0 Å². The standard InChI is InChI=1S/C28H47NO4.3H2/c1-19(30)22-9-10-23-21-8-7-20-17-26(2,33-25(31)18-29(5)15-16-32-6)13-14-27(20,3)24(21)11-12-28(22,23)4;;;/h20-24H,7-18H2,1-6H3;3*1H/t20?,21-,22+,23?,24?,26+,27-,28+;;;/m0.../s1. The number of hydrogen-bond donors (Lipinski definition) is 0. The molecule has 0 saturated heterocycles. The number of carbonyl (C=O) groups is 2. The van der Waals surface area contributed by atoms with Crippen LogP contribution in [0.5, 0.6) is 0 Å². The molecule has 0 aromatic rings. The molecule has 4 aliphatic rings. The van der Waals surface area contributed by atoms with Crippen LogP contribution in [0.4, 0.5) is 0 Å². The van der Waals surface area contributed by atoms with Crippen molar-refractivity contribution in [2.45, 2.75) is 91.1 Å². The second-order valence-electron chi connectivity index (χ2n) is 12.8. The molecular weight excluding hydrogens is 414 g/mol. The van der Waals surface area contributed by atoms with Crippen molar-refractivity contribution in [3.8, 4) is 0 Å². The number of esters is 1. The molecule has 5 heteroatoms. The number of ether oxygens (including phenoxy) is 2. The van der Waals surface area contributed by atoms with Gasteiger partial charge in [0, 0.05) is 23.9 Å². The Morgan fingerprint density at radius 3 is 2.39 bits per heavy atom. The average Bonchev–Trinajstić information content (AvgIpc) is 3.10. The van der Waals surface area contributed by atoms with Gasteiger partial charge in [0.1, 0.15) is 11.4 Å². The quantitative estimate of drug-likeness (QED) is 0.439. The number of hydrogen-bond acceptors (Lipinski definition) is 5. The molecule has 4 saturated carbocycles. The van der Waals surface area contributed by atoms with Gasteiger partial charge in [0.15, 0.2) is 0 Å². The van der Waals surface area contributed by atoms with Crippen LogP contribution in [0.15, 0.2) is 0 Å². The lowest BCUT2D eigenvalue weighted by molar-refractivity contribution is -0.181. The van der Waals surface area contributed by atoms with E-state index in [0.29, 0.717) is 30.3 Å². The van der Waals surface area contributed by atoms with E-state index in [4.69, 9.17) is 9.47 Å². The van der Waals surface area contributed by atoms with Crippen molar-refractivity contribution in [3.63, 3.8) is 0 Å². The maximum atomic E-state index is 12.7. The Labute approximate surface area is 205 Å². The second-order valence-corrected chi connectivity index (χ2v) is 12.8. The van der Waals surface area contributed by atoms with Gasteiger partial charge < -0.3 is 9.47 Å². The van der Waals surface area contributed by atoms with Crippen LogP contribution in [0.3, 0.4) is 0 Å². The Morgan fingerprint density at radius 2 is 1.70 bits per heavy atom. The van der Waals surface area contributed by atoms with Crippen LogP contribution in [-0.4, -0.2) is 56.1 Å². The van der Waals surface area contributed by atoms with Crippen LogP contribution in [0.2, 0.25) is 0 Å². The van der Waals surface area contributed by atoms with Crippen molar-refractivity contribution in [2.75, 3.05) is 33.9 Å². The molecule has 33 heavy (non-hydrogen) atoms. The molecule has 3 unspecified atom stereocenters. The molecule has 194 valence electrons. The molecule has 0 aromatic heterocycles. The van der Waals surface area contributed by atoms with E-state index in [2.05, 4.69) is 20.8 Å². The number of ketones is 1. The molecule has 0 aromatic carbocycles. The number of Topliss-reactive ketones (excluding diaryl/α,β-unsaturated/α-hetero) is 1. The first-order valence-electron chi connectivity index (χ1n) is 13.4. The molecule has 0 aliphatic heterocycles. The molecule has 5 nitrogen and oxygen atoms in total. The fraction of sp³-hybridized carbons (Fsp3) is 0.929. The summed E-state index contributed by atoms with van der Waals surface area (Å²) in [5.41, 5.74) is 0.232. The zero-order valence-corrected chi connectivity index (χ0v) is 22.0. The predicted octanol–water partition coefficient (Wildman–Crippen LogP) is 5.85. The highest BCUT2D eigenvalue weighted by Crippen LogP contribution is 2.68. The maximum Gasteiger partial charge on any atom is 0.320 e. The van der Waals surface area contributed by atoms with Gasteiger partial charge >= 0.3 is 5.97 Å². The number of fused-ring (bicyclic) bond motifs is 5. The third kappa shape index (κ3) is 4.53. The first-order valence-corrected chi connectivity index (χ1v) is 13.4. The molecule has 0 bridgehead atoms. The van der Waals surface area contributed by atoms with Gasteiger partial charge in [0.05, 0.1) is 13.2 Å². The molecule has 4 rings (SSSR count). The van der Waals surface area contributed by atoms with Crippen molar-refractivity contribution in [1.82, 2.24) is 4.90 Å². The minimum Gasteiger partial charge on any atom is -0.458 e. The Hall–Kier alpha value is -0.940. The number of likely N-dealkylation sites (N-methyl/N-ethyl adjacent to an activating group) is 1. The van der Waals surface area contributed by atoms with Crippen molar-refractivity contribution in [3.05, 3.63) is 0 Å². The lowest BCUT2D eigenvalue weighted by Crippen LogP contribution is -2.56. The van der Waals surface area contributed by atoms with Gasteiger partial charge in [-0.1, -0.05) is 13.8 Å². The summed E-state index contributed by atoms with van der Waals surface area (Å²) >= 11 is 0. The monoisotopic (exact) mass is 467 g/mol. The molecule has 0 amide bonds. The highest BCUT2D eigenvalue weighted by Gasteiger charge is 2.61. The van der Waals surface area contributed by atoms with Crippen LogP contribution in [0, 0.1) is 40.4 Å². The molecular formula is C28H53NO4. The third-order valence-corrected chi connectivity index (χ3v) is 10.9. The summed E-state index contributed by atoms with van der Waals surface area (Å²) in [7, 11) is 3.63. The molecule has 4 aliphatic carbocycles. The van der Waals surface area contributed by atoms with Crippen LogP contribution in [0.1, 0.15) is 89.8 Å². The number of methoxy groups -OCH3 is 1. The summed E-state index contributed by atoms with van der Waals surface area (Å²) in [5.74, 6) is 3.48. The zero-order valence-electron chi connectivity index (χ0n) is 22.0. The summed E-state index contributed by atoms with van der Waals surface area (Å²) in [6.45, 7) is 10.6. The zero-order chi connectivity index (χ0) is 24.0. The van der Waals surface area contributed by atoms with Gasteiger partial charge in [-0.3, -0.25) is 14.5 Å². The van der Waals surface area contributed by atoms with Gasteiger partial charge in [0.25, 0.3) is 0 Å². The van der Waals surface area contributed by atoms with Crippen LogP contribution < -0.4 is 0 Å². The smallest absolute Gasteiger partial charge is 0.320 e. The van der Waals surface area contributed by atoms with E-state index in [9.17, 15) is 9.59 Å². The largest absolute Gasteiger partial charge is 0.458 e. The predicted molar refractivity (Wildman–Crippen MR) is 136 cm³/mol. The van der Waals surface area contributed by atoms with E-state index in [1.54, 1.807) is 7.11 Å². The van der Waals surface area contributed by atoms with E-state index in [0.717, 1.165) is 50.0 Å². The first-order chi connectivity index (χ1) is 15.5. The van der Waals surface area contributed by atoms with Crippen molar-refractivity contribution in [1.29, 1.82) is 0 Å². The lowest BCUT2D eigenvalue weighted by Gasteiger charge is -2.62. The molecule has 4 fully saturated rings. The SMILES string of the molecule is COCCN(C)CC(=O)O[C@]1(C)CC[C@@]2(C)C(CC[C@@H]3C2CC[C@@]2(C)C3CC[C@@H]2C(C)=O)C1.[HH].[HH].[HH]. The van der Waals surface area contributed by atoms with Crippen LogP contribution in [0.25, 0.3) is 0 Å². The summed E-state index contributed by atoms with van der Waals surface area (Å²) in [6.07, 6.45) is 10.5. The first kappa shape index (κ1) is 25.2. The number of rotatable bonds is 7. The number of nitrogens with zero attached hydrogens (tertiary/aromatic N) is 1. The van der Waals surface area contributed by atoms with E-state index < -0.39 is 0 Å². The molecule has 0 heterocycles. The van der Waals surface area contributed by atoms with Gasteiger partial charge in [-0.2, -0.15) is 0 Å². The molecule has 0 N–H and O–H groups in total. The van der Waals surface area contributed by atoms with E-state index in [1.807, 2.05) is 18.9 Å². The minimum absolute atomic E-state index is 0. The highest BCUT2D eigenvalue weighted by molar-refractivity contribution is 5.79. The fourth-order valence-electron chi connectivity index (χ4n) is 9.03. The lowest BCUT2D eigenvalue weighted by atomic mass is 9.44. The van der Waals surface area contributed by atoms with Crippen LogP contribution >= 0.6 is 0 Å². The van der Waals surface area contributed by atoms with Crippen molar-refractivity contribution in [2.24, 2.45) is 40.4 Å². The fourth-order valence-corrected chi connectivity index (χ4v) is 9.03.